The van der Waals surface area contributed by atoms with Gasteiger partial charge in [-0.1, -0.05) is 0 Å². The van der Waals surface area contributed by atoms with Crippen LogP contribution in [0.1, 0.15) is 6.42 Å². The van der Waals surface area contributed by atoms with Crippen molar-refractivity contribution in [2.45, 2.75) is 18.6 Å². The SMILES string of the molecule is C1NCC2CC1O2.O=C(O)C(=O)O. The molecule has 0 amide bonds. The van der Waals surface area contributed by atoms with Crippen molar-refractivity contribution in [1.82, 2.24) is 5.32 Å². The Balaban J connectivity index is 0.000000133. The van der Waals surface area contributed by atoms with Crippen LogP contribution in [0.25, 0.3) is 0 Å². The highest BCUT2D eigenvalue weighted by atomic mass is 16.5. The van der Waals surface area contributed by atoms with Crippen molar-refractivity contribution in [2.75, 3.05) is 13.1 Å². The summed E-state index contributed by atoms with van der Waals surface area (Å²) in [5.41, 5.74) is 0. The number of morpholine rings is 1. The van der Waals surface area contributed by atoms with Crippen LogP contribution in [0.2, 0.25) is 0 Å². The molecule has 0 aromatic carbocycles. The second-order valence-corrected chi connectivity index (χ2v) is 2.88. The lowest BCUT2D eigenvalue weighted by atomic mass is 10.0. The van der Waals surface area contributed by atoms with Gasteiger partial charge < -0.3 is 20.3 Å². The Morgan fingerprint density at radius 3 is 1.62 bits per heavy atom. The third kappa shape index (κ3) is 3.00. The van der Waals surface area contributed by atoms with Gasteiger partial charge in [0, 0.05) is 19.5 Å². The molecule has 2 bridgehead atoms. The van der Waals surface area contributed by atoms with Crippen molar-refractivity contribution in [2.24, 2.45) is 0 Å². The van der Waals surface area contributed by atoms with Crippen molar-refractivity contribution in [3.05, 3.63) is 0 Å². The molecule has 6 nitrogen and oxygen atoms in total. The molecule has 0 radical (unpaired) electrons. The minimum atomic E-state index is -1.82. The van der Waals surface area contributed by atoms with E-state index in [0.717, 1.165) is 13.1 Å². The summed E-state index contributed by atoms with van der Waals surface area (Å²) in [5.74, 6) is -3.65. The van der Waals surface area contributed by atoms with Crippen LogP contribution < -0.4 is 5.32 Å². The molecule has 3 N–H and O–H groups in total. The minimum Gasteiger partial charge on any atom is -0.473 e. The highest BCUT2D eigenvalue weighted by Crippen LogP contribution is 2.22. The van der Waals surface area contributed by atoms with Gasteiger partial charge in [0.25, 0.3) is 0 Å². The Morgan fingerprint density at radius 1 is 1.15 bits per heavy atom. The third-order valence-electron chi connectivity index (χ3n) is 1.84. The Bertz CT molecular complexity index is 185. The summed E-state index contributed by atoms with van der Waals surface area (Å²) in [4.78, 5) is 18.2. The normalized spacial score (nSPS) is 29.2. The van der Waals surface area contributed by atoms with Gasteiger partial charge in [0.2, 0.25) is 0 Å². The van der Waals surface area contributed by atoms with Crippen LogP contribution in [0.3, 0.4) is 0 Å². The second kappa shape index (κ2) is 4.20. The van der Waals surface area contributed by atoms with E-state index in [1.165, 1.54) is 6.42 Å². The van der Waals surface area contributed by atoms with E-state index in [2.05, 4.69) is 5.32 Å². The number of carboxylic acids is 2. The molecule has 3 fully saturated rings. The van der Waals surface area contributed by atoms with Gasteiger partial charge in [-0.05, 0) is 0 Å². The fourth-order valence-electron chi connectivity index (χ4n) is 1.22. The summed E-state index contributed by atoms with van der Waals surface area (Å²) in [6.45, 7) is 2.16. The highest BCUT2D eigenvalue weighted by Gasteiger charge is 2.33. The topological polar surface area (TPSA) is 95.9 Å². The molecule has 3 aliphatic heterocycles. The van der Waals surface area contributed by atoms with E-state index in [-0.39, 0.29) is 0 Å². The molecular formula is C7H11NO5. The van der Waals surface area contributed by atoms with Crippen LogP contribution in [0.15, 0.2) is 0 Å². The maximum atomic E-state index is 9.10. The first kappa shape index (κ1) is 9.94. The van der Waals surface area contributed by atoms with E-state index < -0.39 is 11.9 Å². The molecule has 6 heteroatoms. The summed E-state index contributed by atoms with van der Waals surface area (Å²) in [6.07, 6.45) is 2.44. The van der Waals surface area contributed by atoms with E-state index in [0.29, 0.717) is 12.2 Å². The number of fused-ring (bicyclic) bond motifs is 2. The van der Waals surface area contributed by atoms with Crippen molar-refractivity contribution < 1.29 is 24.5 Å². The molecule has 0 aliphatic carbocycles. The van der Waals surface area contributed by atoms with E-state index in [1.807, 2.05) is 0 Å². The average Bonchev–Trinajstić information content (AvgIpc) is 2.05. The van der Waals surface area contributed by atoms with Gasteiger partial charge >= 0.3 is 11.9 Å². The van der Waals surface area contributed by atoms with E-state index >= 15 is 0 Å². The zero-order valence-corrected chi connectivity index (χ0v) is 6.90. The fraction of sp³-hybridized carbons (Fsp3) is 0.714. The zero-order chi connectivity index (χ0) is 9.84. The standard InChI is InChI=1S/C5H9NO.C2H2O4/c1-4-2-6-3-5(1)7-4;3-1(4)2(5)6/h4-6H,1-3H2;(H,3,4)(H,5,6). The second-order valence-electron chi connectivity index (χ2n) is 2.88. The van der Waals surface area contributed by atoms with Crippen LogP contribution in [0.4, 0.5) is 0 Å². The van der Waals surface area contributed by atoms with Gasteiger partial charge in [-0.3, -0.25) is 0 Å². The number of piperidine rings is 1. The van der Waals surface area contributed by atoms with Crippen molar-refractivity contribution in [3.63, 3.8) is 0 Å². The molecule has 3 rings (SSSR count). The molecule has 2 unspecified atom stereocenters. The molecule has 0 aromatic heterocycles. The van der Waals surface area contributed by atoms with E-state index in [9.17, 15) is 0 Å². The zero-order valence-electron chi connectivity index (χ0n) is 6.90. The average molecular weight is 189 g/mol. The van der Waals surface area contributed by atoms with Crippen molar-refractivity contribution >= 4 is 11.9 Å². The van der Waals surface area contributed by atoms with Gasteiger partial charge in [-0.25, -0.2) is 9.59 Å². The fourth-order valence-corrected chi connectivity index (χ4v) is 1.22. The molecular weight excluding hydrogens is 178 g/mol. The number of rotatable bonds is 0. The minimum absolute atomic E-state index is 0.568. The van der Waals surface area contributed by atoms with Crippen LogP contribution in [0.5, 0.6) is 0 Å². The Labute approximate surface area is 74.5 Å². The van der Waals surface area contributed by atoms with Crippen LogP contribution in [-0.4, -0.2) is 47.4 Å². The van der Waals surface area contributed by atoms with Crippen molar-refractivity contribution in [3.8, 4) is 0 Å². The number of nitrogens with one attached hydrogen (secondary N) is 1. The largest absolute Gasteiger partial charge is 0.473 e. The Kier molecular flexibility index (Phi) is 3.21. The summed E-state index contributed by atoms with van der Waals surface area (Å²) >= 11 is 0. The molecule has 74 valence electrons. The molecule has 0 spiro atoms. The summed E-state index contributed by atoms with van der Waals surface area (Å²) < 4.78 is 5.31. The smallest absolute Gasteiger partial charge is 0.414 e. The predicted molar refractivity (Wildman–Crippen MR) is 41.4 cm³/mol. The summed E-state index contributed by atoms with van der Waals surface area (Å²) in [5, 5.41) is 18.0. The molecule has 0 saturated carbocycles. The lowest BCUT2D eigenvalue weighted by Gasteiger charge is -2.41. The molecule has 3 saturated heterocycles. The number of carboxylic acid groups (broad SMARTS) is 2. The van der Waals surface area contributed by atoms with Crippen LogP contribution in [0, 0.1) is 0 Å². The van der Waals surface area contributed by atoms with Gasteiger partial charge in [-0.15, -0.1) is 0 Å². The van der Waals surface area contributed by atoms with Crippen molar-refractivity contribution in [1.29, 1.82) is 0 Å². The summed E-state index contributed by atoms with van der Waals surface area (Å²) in [6, 6.07) is 0. The number of ether oxygens (including phenoxy) is 1. The number of carbonyl (C=O) groups is 2. The number of hydrogen-bond donors (Lipinski definition) is 3. The summed E-state index contributed by atoms with van der Waals surface area (Å²) in [7, 11) is 0. The number of aliphatic carboxylic acids is 2. The maximum Gasteiger partial charge on any atom is 0.414 e. The van der Waals surface area contributed by atoms with Crippen LogP contribution in [-0.2, 0) is 14.3 Å². The number of hydrogen-bond acceptors (Lipinski definition) is 4. The lowest BCUT2D eigenvalue weighted by Crippen LogP contribution is -2.55. The van der Waals surface area contributed by atoms with Gasteiger partial charge in [-0.2, -0.15) is 0 Å². The quantitative estimate of drug-likeness (QED) is 0.419. The Morgan fingerprint density at radius 2 is 1.54 bits per heavy atom. The Hall–Kier alpha value is -1.14. The monoisotopic (exact) mass is 189 g/mol. The maximum absolute atomic E-state index is 9.10. The molecule has 13 heavy (non-hydrogen) atoms. The molecule has 3 aliphatic rings. The van der Waals surface area contributed by atoms with Gasteiger partial charge in [0.15, 0.2) is 0 Å². The highest BCUT2D eigenvalue weighted by molar-refractivity contribution is 6.27. The molecule has 3 heterocycles. The van der Waals surface area contributed by atoms with E-state index in [4.69, 9.17) is 24.5 Å². The third-order valence-corrected chi connectivity index (χ3v) is 1.84. The molecule has 2 atom stereocenters. The van der Waals surface area contributed by atoms with Gasteiger partial charge in [0.05, 0.1) is 12.2 Å². The first-order valence-electron chi connectivity index (χ1n) is 3.92. The predicted octanol–water partition coefficient (Wildman–Crippen LogP) is -1.10. The lowest BCUT2D eigenvalue weighted by molar-refractivity contribution is -0.159. The van der Waals surface area contributed by atoms with Crippen LogP contribution >= 0.6 is 0 Å². The first-order chi connectivity index (χ1) is 6.09. The van der Waals surface area contributed by atoms with Gasteiger partial charge in [0.1, 0.15) is 0 Å². The van der Waals surface area contributed by atoms with E-state index in [1.54, 1.807) is 0 Å². The first-order valence-corrected chi connectivity index (χ1v) is 3.92. The molecule has 0 aromatic rings.